The molecule has 0 aliphatic heterocycles. The third-order valence-electron chi connectivity index (χ3n) is 4.13. The minimum atomic E-state index is -3.92. The molecule has 1 aliphatic carbocycles. The van der Waals surface area contributed by atoms with Crippen molar-refractivity contribution in [2.45, 2.75) is 42.9 Å². The normalized spacial score (nSPS) is 15.9. The van der Waals surface area contributed by atoms with Crippen molar-refractivity contribution >= 4 is 44.0 Å². The predicted octanol–water partition coefficient (Wildman–Crippen LogP) is 3.14. The number of primary sulfonamides is 1. The molecular formula is C15H17ClN4O3S2. The molecule has 1 heterocycles. The summed E-state index contributed by atoms with van der Waals surface area (Å²) in [6.07, 6.45) is 5.79. The molecule has 0 atom stereocenters. The Morgan fingerprint density at radius 3 is 2.64 bits per heavy atom. The maximum absolute atomic E-state index is 12.4. The SMILES string of the molecule is NS(=O)(=O)c1ccc(Cl)c(C(=O)Nc2nnc(C3CCCCC3)s2)c1. The van der Waals surface area contributed by atoms with Gasteiger partial charge >= 0.3 is 0 Å². The van der Waals surface area contributed by atoms with Gasteiger partial charge in [0, 0.05) is 5.92 Å². The van der Waals surface area contributed by atoms with Crippen molar-refractivity contribution in [3.8, 4) is 0 Å². The number of nitrogens with zero attached hydrogens (tertiary/aromatic N) is 2. The fourth-order valence-electron chi connectivity index (χ4n) is 2.82. The summed E-state index contributed by atoms with van der Waals surface area (Å²) in [6.45, 7) is 0. The van der Waals surface area contributed by atoms with Crippen LogP contribution in [0.1, 0.15) is 53.4 Å². The fraction of sp³-hybridized carbons (Fsp3) is 0.400. The van der Waals surface area contributed by atoms with Crippen molar-refractivity contribution in [3.05, 3.63) is 33.8 Å². The van der Waals surface area contributed by atoms with Crippen molar-refractivity contribution in [2.75, 3.05) is 5.32 Å². The van der Waals surface area contributed by atoms with Crippen molar-refractivity contribution < 1.29 is 13.2 Å². The lowest BCUT2D eigenvalue weighted by atomic mass is 9.90. The second-order valence-electron chi connectivity index (χ2n) is 5.92. The van der Waals surface area contributed by atoms with Gasteiger partial charge in [0.25, 0.3) is 5.91 Å². The summed E-state index contributed by atoms with van der Waals surface area (Å²) in [4.78, 5) is 12.2. The Kier molecular flexibility index (Phi) is 5.38. The third-order valence-corrected chi connectivity index (χ3v) is 6.37. The van der Waals surface area contributed by atoms with Crippen LogP contribution < -0.4 is 10.5 Å². The van der Waals surface area contributed by atoms with Crippen LogP contribution >= 0.6 is 22.9 Å². The topological polar surface area (TPSA) is 115 Å². The Morgan fingerprint density at radius 2 is 1.96 bits per heavy atom. The number of sulfonamides is 1. The first kappa shape index (κ1) is 18.2. The number of carbonyl (C=O) groups is 1. The zero-order chi connectivity index (χ0) is 18.0. The fourth-order valence-corrected chi connectivity index (χ4v) is 4.47. The number of carbonyl (C=O) groups excluding carboxylic acids is 1. The molecule has 1 fully saturated rings. The van der Waals surface area contributed by atoms with E-state index in [0.717, 1.165) is 23.9 Å². The van der Waals surface area contributed by atoms with Gasteiger partial charge in [-0.2, -0.15) is 0 Å². The van der Waals surface area contributed by atoms with Crippen molar-refractivity contribution in [1.29, 1.82) is 0 Å². The number of nitrogens with one attached hydrogen (secondary N) is 1. The largest absolute Gasteiger partial charge is 0.296 e. The monoisotopic (exact) mass is 400 g/mol. The lowest BCUT2D eigenvalue weighted by Crippen LogP contribution is -2.16. The molecule has 1 aliphatic rings. The Balaban J connectivity index is 1.77. The highest BCUT2D eigenvalue weighted by Gasteiger charge is 2.21. The summed E-state index contributed by atoms with van der Waals surface area (Å²) in [5.74, 6) is -0.159. The average Bonchev–Trinajstić information content (AvgIpc) is 3.03. The molecule has 134 valence electrons. The molecule has 10 heteroatoms. The second-order valence-corrected chi connectivity index (χ2v) is 8.90. The number of nitrogens with two attached hydrogens (primary N) is 1. The zero-order valence-electron chi connectivity index (χ0n) is 13.2. The molecule has 1 saturated carbocycles. The summed E-state index contributed by atoms with van der Waals surface area (Å²) in [5, 5.41) is 17.3. The van der Waals surface area contributed by atoms with Gasteiger partial charge in [-0.1, -0.05) is 42.2 Å². The Hall–Kier alpha value is -1.55. The van der Waals surface area contributed by atoms with E-state index in [-0.39, 0.29) is 15.5 Å². The Bertz CT molecular complexity index is 892. The van der Waals surface area contributed by atoms with Crippen molar-refractivity contribution in [1.82, 2.24) is 10.2 Å². The van der Waals surface area contributed by atoms with Crippen LogP contribution in [0.2, 0.25) is 5.02 Å². The van der Waals surface area contributed by atoms with Gasteiger partial charge < -0.3 is 0 Å². The summed E-state index contributed by atoms with van der Waals surface area (Å²) >= 11 is 7.34. The molecule has 0 radical (unpaired) electrons. The van der Waals surface area contributed by atoms with Crippen LogP contribution in [0, 0.1) is 0 Å². The first-order chi connectivity index (χ1) is 11.8. The van der Waals surface area contributed by atoms with Crippen molar-refractivity contribution in [2.24, 2.45) is 5.14 Å². The van der Waals surface area contributed by atoms with E-state index in [1.54, 1.807) is 0 Å². The van der Waals surface area contributed by atoms with E-state index in [0.29, 0.717) is 11.0 Å². The molecule has 7 nitrogen and oxygen atoms in total. The van der Waals surface area contributed by atoms with Gasteiger partial charge in [0.1, 0.15) is 5.01 Å². The van der Waals surface area contributed by atoms with Crippen LogP contribution in [0.3, 0.4) is 0 Å². The highest BCUT2D eigenvalue weighted by molar-refractivity contribution is 7.89. The number of aromatic nitrogens is 2. The van der Waals surface area contributed by atoms with Gasteiger partial charge in [0.2, 0.25) is 15.2 Å². The molecule has 25 heavy (non-hydrogen) atoms. The molecule has 0 unspecified atom stereocenters. The smallest absolute Gasteiger partial charge is 0.259 e. The van der Waals surface area contributed by atoms with Crippen LogP contribution in [0.5, 0.6) is 0 Å². The summed E-state index contributed by atoms with van der Waals surface area (Å²) in [6, 6.07) is 3.72. The first-order valence-electron chi connectivity index (χ1n) is 7.81. The zero-order valence-corrected chi connectivity index (χ0v) is 15.6. The molecule has 1 aromatic heterocycles. The number of amides is 1. The number of rotatable bonds is 4. The van der Waals surface area contributed by atoms with Crippen LogP contribution in [0.25, 0.3) is 0 Å². The lowest BCUT2D eigenvalue weighted by Gasteiger charge is -2.18. The van der Waals surface area contributed by atoms with Gasteiger partial charge in [-0.25, -0.2) is 13.6 Å². The number of benzene rings is 1. The molecule has 0 bridgehead atoms. The average molecular weight is 401 g/mol. The molecule has 3 rings (SSSR count). The van der Waals surface area contributed by atoms with E-state index < -0.39 is 15.9 Å². The number of hydrogen-bond donors (Lipinski definition) is 2. The lowest BCUT2D eigenvalue weighted by molar-refractivity contribution is 0.102. The number of anilines is 1. The van der Waals surface area contributed by atoms with Gasteiger partial charge in [-0.05, 0) is 31.0 Å². The summed E-state index contributed by atoms with van der Waals surface area (Å²) < 4.78 is 22.9. The highest BCUT2D eigenvalue weighted by Crippen LogP contribution is 2.35. The van der Waals surface area contributed by atoms with Gasteiger partial charge in [0.05, 0.1) is 15.5 Å². The quantitative estimate of drug-likeness (QED) is 0.817. The van der Waals surface area contributed by atoms with Gasteiger partial charge in [0.15, 0.2) is 0 Å². The van der Waals surface area contributed by atoms with Crippen LogP contribution in [-0.4, -0.2) is 24.5 Å². The van der Waals surface area contributed by atoms with E-state index in [9.17, 15) is 13.2 Å². The van der Waals surface area contributed by atoms with E-state index in [2.05, 4.69) is 15.5 Å². The van der Waals surface area contributed by atoms with Crippen molar-refractivity contribution in [3.63, 3.8) is 0 Å². The molecular weight excluding hydrogens is 384 g/mol. The standard InChI is InChI=1S/C15H17ClN4O3S2/c16-12-7-6-10(25(17,22)23)8-11(12)13(21)18-15-20-19-14(24-15)9-4-2-1-3-5-9/h6-9H,1-5H2,(H2,17,22,23)(H,18,20,21). The molecule has 3 N–H and O–H groups in total. The van der Waals surface area contributed by atoms with Crippen LogP contribution in [0.15, 0.2) is 23.1 Å². The molecule has 2 aromatic rings. The van der Waals surface area contributed by atoms with Crippen LogP contribution in [-0.2, 0) is 10.0 Å². The van der Waals surface area contributed by atoms with E-state index >= 15 is 0 Å². The highest BCUT2D eigenvalue weighted by atomic mass is 35.5. The van der Waals surface area contributed by atoms with Crippen LogP contribution in [0.4, 0.5) is 5.13 Å². The summed E-state index contributed by atoms with van der Waals surface area (Å²) in [7, 11) is -3.92. The van der Waals surface area contributed by atoms with Gasteiger partial charge in [-0.15, -0.1) is 10.2 Å². The van der Waals surface area contributed by atoms with E-state index in [4.69, 9.17) is 16.7 Å². The minimum Gasteiger partial charge on any atom is -0.296 e. The Labute approximate surface area is 154 Å². The van der Waals surface area contributed by atoms with Gasteiger partial charge in [-0.3, -0.25) is 10.1 Å². The molecule has 0 saturated heterocycles. The maximum Gasteiger partial charge on any atom is 0.259 e. The Morgan fingerprint density at radius 1 is 1.24 bits per heavy atom. The third kappa shape index (κ3) is 4.35. The predicted molar refractivity (Wildman–Crippen MR) is 96.5 cm³/mol. The maximum atomic E-state index is 12.4. The molecule has 1 aromatic carbocycles. The van der Waals surface area contributed by atoms with E-state index in [1.807, 2.05) is 0 Å². The summed E-state index contributed by atoms with van der Waals surface area (Å²) in [5.41, 5.74) is 0.0163. The molecule has 0 spiro atoms. The minimum absolute atomic E-state index is 0.0163. The number of hydrogen-bond acceptors (Lipinski definition) is 6. The number of halogens is 1. The first-order valence-corrected chi connectivity index (χ1v) is 10.6. The molecule has 1 amide bonds. The van der Waals surface area contributed by atoms with E-state index in [1.165, 1.54) is 42.7 Å². The second kappa shape index (κ2) is 7.36.